The molecule has 1 amide bonds. The standard InChI is InChI=1S/C18H25N5O2/c1-11-14(10-19-23(11)3)16-13(9-15(24)22(16)2)18-20-17(21-25-18)12-7-5-4-6-8-12/h10,12-13,16H,4-9H2,1-3H3/t13-,16-/m1/s1. The molecule has 2 atom stereocenters. The van der Waals surface area contributed by atoms with Gasteiger partial charge in [0.2, 0.25) is 11.8 Å². The average Bonchev–Trinajstić information content (AvgIpc) is 3.30. The molecule has 0 unspecified atom stereocenters. The van der Waals surface area contributed by atoms with Crippen molar-refractivity contribution in [2.24, 2.45) is 7.05 Å². The molecule has 0 spiro atoms. The highest BCUT2D eigenvalue weighted by molar-refractivity contribution is 5.80. The molecule has 7 nitrogen and oxygen atoms in total. The smallest absolute Gasteiger partial charge is 0.232 e. The Morgan fingerprint density at radius 3 is 2.64 bits per heavy atom. The number of nitrogens with zero attached hydrogens (tertiary/aromatic N) is 5. The summed E-state index contributed by atoms with van der Waals surface area (Å²) in [5.41, 5.74) is 2.11. The predicted octanol–water partition coefficient (Wildman–Crippen LogP) is 2.85. The summed E-state index contributed by atoms with van der Waals surface area (Å²) in [6.45, 7) is 2.03. The average molecular weight is 343 g/mol. The predicted molar refractivity (Wildman–Crippen MR) is 90.9 cm³/mol. The van der Waals surface area contributed by atoms with Crippen molar-refractivity contribution in [3.63, 3.8) is 0 Å². The summed E-state index contributed by atoms with van der Waals surface area (Å²) in [7, 11) is 3.76. The van der Waals surface area contributed by atoms with Crippen LogP contribution in [0.4, 0.5) is 0 Å². The second-order valence-electron chi connectivity index (χ2n) is 7.39. The number of rotatable bonds is 3. The Hall–Kier alpha value is -2.18. The summed E-state index contributed by atoms with van der Waals surface area (Å²) in [5, 5.41) is 8.59. The van der Waals surface area contributed by atoms with Gasteiger partial charge in [-0.05, 0) is 19.8 Å². The first-order valence-electron chi connectivity index (χ1n) is 9.14. The van der Waals surface area contributed by atoms with Gasteiger partial charge in [-0.3, -0.25) is 9.48 Å². The quantitative estimate of drug-likeness (QED) is 0.856. The number of carbonyl (C=O) groups excluding carboxylic acids is 1. The zero-order valence-electron chi connectivity index (χ0n) is 15.1. The van der Waals surface area contributed by atoms with E-state index in [1.807, 2.05) is 31.9 Å². The van der Waals surface area contributed by atoms with Gasteiger partial charge in [0, 0.05) is 37.7 Å². The van der Waals surface area contributed by atoms with Gasteiger partial charge in [0.15, 0.2) is 5.82 Å². The van der Waals surface area contributed by atoms with Gasteiger partial charge in [-0.1, -0.05) is 24.4 Å². The van der Waals surface area contributed by atoms with E-state index in [-0.39, 0.29) is 17.9 Å². The monoisotopic (exact) mass is 343 g/mol. The van der Waals surface area contributed by atoms with Gasteiger partial charge in [-0.2, -0.15) is 10.1 Å². The van der Waals surface area contributed by atoms with Gasteiger partial charge in [0.25, 0.3) is 0 Å². The molecule has 25 heavy (non-hydrogen) atoms. The summed E-state index contributed by atoms with van der Waals surface area (Å²) < 4.78 is 7.47. The fourth-order valence-electron chi connectivity index (χ4n) is 4.25. The van der Waals surface area contributed by atoms with E-state index in [9.17, 15) is 4.79 Å². The molecular formula is C18H25N5O2. The van der Waals surface area contributed by atoms with Gasteiger partial charge in [0.05, 0.1) is 18.2 Å². The van der Waals surface area contributed by atoms with E-state index in [1.165, 1.54) is 19.3 Å². The number of aromatic nitrogens is 4. The van der Waals surface area contributed by atoms with Gasteiger partial charge >= 0.3 is 0 Å². The molecule has 1 aliphatic heterocycles. The lowest BCUT2D eigenvalue weighted by molar-refractivity contribution is -0.127. The Labute approximate surface area is 147 Å². The molecule has 0 aromatic carbocycles. The highest BCUT2D eigenvalue weighted by Gasteiger charge is 2.44. The Bertz CT molecular complexity index is 774. The molecule has 3 heterocycles. The zero-order valence-corrected chi connectivity index (χ0v) is 15.1. The van der Waals surface area contributed by atoms with Gasteiger partial charge in [0.1, 0.15) is 0 Å². The normalized spacial score (nSPS) is 25.1. The molecule has 0 N–H and O–H groups in total. The number of likely N-dealkylation sites (N-methyl/N-ethyl adjacent to an activating group) is 1. The highest BCUT2D eigenvalue weighted by Crippen LogP contribution is 2.44. The third-order valence-electron chi connectivity index (χ3n) is 5.92. The van der Waals surface area contributed by atoms with Crippen LogP contribution in [0.1, 0.15) is 79.4 Å². The number of hydrogen-bond acceptors (Lipinski definition) is 5. The van der Waals surface area contributed by atoms with Crippen molar-refractivity contribution in [2.45, 2.75) is 63.3 Å². The Kier molecular flexibility index (Phi) is 4.09. The summed E-state index contributed by atoms with van der Waals surface area (Å²) in [6, 6.07) is -0.0964. The van der Waals surface area contributed by atoms with Crippen LogP contribution in [-0.4, -0.2) is 37.8 Å². The maximum absolute atomic E-state index is 12.4. The van der Waals surface area contributed by atoms with E-state index in [1.54, 1.807) is 4.90 Å². The molecule has 0 bridgehead atoms. The van der Waals surface area contributed by atoms with Crippen molar-refractivity contribution in [1.29, 1.82) is 0 Å². The van der Waals surface area contributed by atoms with Gasteiger partial charge in [-0.15, -0.1) is 0 Å². The lowest BCUT2D eigenvalue weighted by Crippen LogP contribution is -2.24. The zero-order chi connectivity index (χ0) is 17.6. The lowest BCUT2D eigenvalue weighted by Gasteiger charge is -2.23. The van der Waals surface area contributed by atoms with Crippen LogP contribution < -0.4 is 0 Å². The van der Waals surface area contributed by atoms with Crippen LogP contribution >= 0.6 is 0 Å². The Morgan fingerprint density at radius 1 is 1.20 bits per heavy atom. The van der Waals surface area contributed by atoms with E-state index < -0.39 is 0 Å². The molecule has 0 radical (unpaired) electrons. The van der Waals surface area contributed by atoms with Crippen LogP contribution in [0.5, 0.6) is 0 Å². The first kappa shape index (κ1) is 16.3. The Balaban J connectivity index is 1.65. The van der Waals surface area contributed by atoms with Crippen LogP contribution in [0.15, 0.2) is 10.7 Å². The van der Waals surface area contributed by atoms with Crippen LogP contribution in [0, 0.1) is 6.92 Å². The third kappa shape index (κ3) is 2.75. The molecule has 1 saturated carbocycles. The minimum atomic E-state index is -0.106. The molecule has 4 rings (SSSR count). The summed E-state index contributed by atoms with van der Waals surface area (Å²) in [5.74, 6) is 1.81. The van der Waals surface area contributed by atoms with Crippen molar-refractivity contribution >= 4 is 5.91 Å². The number of aryl methyl sites for hydroxylation is 1. The highest BCUT2D eigenvalue weighted by atomic mass is 16.5. The molecule has 7 heteroatoms. The summed E-state index contributed by atoms with van der Waals surface area (Å²) >= 11 is 0. The number of carbonyl (C=O) groups is 1. The largest absolute Gasteiger partial charge is 0.339 e. The molecule has 2 aromatic rings. The van der Waals surface area contributed by atoms with Crippen molar-refractivity contribution < 1.29 is 9.32 Å². The molecule has 2 aliphatic rings. The van der Waals surface area contributed by atoms with Crippen molar-refractivity contribution in [1.82, 2.24) is 24.8 Å². The molecule has 2 fully saturated rings. The van der Waals surface area contributed by atoms with E-state index in [2.05, 4.69) is 10.3 Å². The van der Waals surface area contributed by atoms with Crippen LogP contribution in [-0.2, 0) is 11.8 Å². The Morgan fingerprint density at radius 2 is 1.96 bits per heavy atom. The SMILES string of the molecule is Cc1c([C@H]2[C@H](c3nc(C4CCCCC4)no3)CC(=O)N2C)cnn1C. The molecule has 134 valence electrons. The topological polar surface area (TPSA) is 77.1 Å². The van der Waals surface area contributed by atoms with E-state index >= 15 is 0 Å². The maximum Gasteiger partial charge on any atom is 0.232 e. The number of hydrogen-bond donors (Lipinski definition) is 0. The van der Waals surface area contributed by atoms with Gasteiger partial charge in [-0.25, -0.2) is 0 Å². The fourth-order valence-corrected chi connectivity index (χ4v) is 4.25. The number of amides is 1. The molecule has 1 saturated heterocycles. The van der Waals surface area contributed by atoms with Crippen molar-refractivity contribution in [3.8, 4) is 0 Å². The fraction of sp³-hybridized carbons (Fsp3) is 0.667. The minimum Gasteiger partial charge on any atom is -0.339 e. The van der Waals surface area contributed by atoms with E-state index in [0.717, 1.165) is 29.9 Å². The van der Waals surface area contributed by atoms with Crippen molar-refractivity contribution in [3.05, 3.63) is 29.2 Å². The van der Waals surface area contributed by atoms with E-state index in [0.29, 0.717) is 18.2 Å². The first-order chi connectivity index (χ1) is 12.1. The van der Waals surface area contributed by atoms with Crippen LogP contribution in [0.2, 0.25) is 0 Å². The second kappa shape index (κ2) is 6.28. The second-order valence-corrected chi connectivity index (χ2v) is 7.39. The third-order valence-corrected chi connectivity index (χ3v) is 5.92. The first-order valence-corrected chi connectivity index (χ1v) is 9.14. The molecule has 2 aromatic heterocycles. The number of likely N-dealkylation sites (tertiary alicyclic amines) is 1. The summed E-state index contributed by atoms with van der Waals surface area (Å²) in [6.07, 6.45) is 8.28. The van der Waals surface area contributed by atoms with Crippen molar-refractivity contribution in [2.75, 3.05) is 7.05 Å². The molecular weight excluding hydrogens is 318 g/mol. The van der Waals surface area contributed by atoms with Crippen LogP contribution in [0.25, 0.3) is 0 Å². The minimum absolute atomic E-state index is 0.0964. The van der Waals surface area contributed by atoms with Gasteiger partial charge < -0.3 is 9.42 Å². The molecule has 1 aliphatic carbocycles. The van der Waals surface area contributed by atoms with E-state index in [4.69, 9.17) is 9.51 Å². The van der Waals surface area contributed by atoms with Crippen LogP contribution in [0.3, 0.4) is 0 Å². The maximum atomic E-state index is 12.4. The lowest BCUT2D eigenvalue weighted by atomic mass is 9.89. The summed E-state index contributed by atoms with van der Waals surface area (Å²) in [4.78, 5) is 18.9.